The van der Waals surface area contributed by atoms with Gasteiger partial charge in [0, 0.05) is 39.6 Å². The number of nitrogens with one attached hydrogen (secondary N) is 6. The topological polar surface area (TPSA) is 144 Å². The SMILES string of the molecule is O=C(CCCC[C@@H]1SC[C@@H]2NC(=O)N[C@@H]21)NNC(=O)c1ccc2[nH]c(C(=O)Nc3cc(C(F)(F)F)cc(C(F)(F)F)c3)cc2c1. The number of carbonyl (C=O) groups excluding carboxylic acids is 4. The molecule has 0 spiro atoms. The first-order chi connectivity index (χ1) is 21.2. The molecule has 6 N–H and O–H groups in total. The van der Waals surface area contributed by atoms with E-state index in [0.29, 0.717) is 29.5 Å². The molecule has 0 aliphatic carbocycles. The molecule has 2 saturated heterocycles. The minimum atomic E-state index is -5.08. The smallest absolute Gasteiger partial charge is 0.351 e. The molecule has 240 valence electrons. The number of unbranched alkanes of at least 4 members (excludes halogenated alkanes) is 1. The first-order valence-corrected chi connectivity index (χ1v) is 14.7. The predicted molar refractivity (Wildman–Crippen MR) is 152 cm³/mol. The van der Waals surface area contributed by atoms with Crippen LogP contribution < -0.4 is 26.8 Å². The Morgan fingerprint density at radius 1 is 0.867 bits per heavy atom. The van der Waals surface area contributed by atoms with Crippen molar-refractivity contribution in [2.24, 2.45) is 0 Å². The summed E-state index contributed by atoms with van der Waals surface area (Å²) in [5.74, 6) is -1.22. The number of rotatable bonds is 8. The number of aromatic nitrogens is 1. The number of H-pyrrole nitrogens is 1. The number of alkyl halides is 6. The van der Waals surface area contributed by atoms with E-state index in [2.05, 4.69) is 26.5 Å². The van der Waals surface area contributed by atoms with Crippen molar-refractivity contribution < 1.29 is 45.5 Å². The summed E-state index contributed by atoms with van der Waals surface area (Å²) >= 11 is 1.78. The summed E-state index contributed by atoms with van der Waals surface area (Å²) in [6.07, 6.45) is -7.82. The largest absolute Gasteiger partial charge is 0.416 e. The summed E-state index contributed by atoms with van der Waals surface area (Å²) in [7, 11) is 0. The van der Waals surface area contributed by atoms with Crippen molar-refractivity contribution >= 4 is 52.1 Å². The normalized spacial score (nSPS) is 19.5. The Kier molecular flexibility index (Phi) is 8.91. The highest BCUT2D eigenvalue weighted by molar-refractivity contribution is 8.00. The average Bonchev–Trinajstić information content (AvgIpc) is 3.66. The third kappa shape index (κ3) is 7.64. The van der Waals surface area contributed by atoms with Gasteiger partial charge in [-0.3, -0.25) is 25.2 Å². The molecule has 2 aromatic carbocycles. The van der Waals surface area contributed by atoms with E-state index in [1.54, 1.807) is 11.8 Å². The van der Waals surface area contributed by atoms with E-state index in [1.807, 2.05) is 5.32 Å². The number of urea groups is 1. The highest BCUT2D eigenvalue weighted by Gasteiger charge is 2.42. The molecular formula is C28H26F6N6O4S. The minimum Gasteiger partial charge on any atom is -0.351 e. The molecule has 1 aromatic heterocycles. The molecule has 2 aliphatic heterocycles. The molecule has 5 amide bonds. The third-order valence-corrected chi connectivity index (χ3v) is 8.88. The van der Waals surface area contributed by atoms with Crippen molar-refractivity contribution in [1.82, 2.24) is 26.5 Å². The molecule has 3 atom stereocenters. The van der Waals surface area contributed by atoms with Crippen LogP contribution in [0, 0.1) is 0 Å². The Labute approximate surface area is 255 Å². The van der Waals surface area contributed by atoms with Crippen LogP contribution >= 0.6 is 11.8 Å². The quantitative estimate of drug-likeness (QED) is 0.0881. The molecule has 17 heteroatoms. The number of hydrogen-bond acceptors (Lipinski definition) is 5. The molecule has 3 heterocycles. The van der Waals surface area contributed by atoms with E-state index < -0.39 is 46.9 Å². The van der Waals surface area contributed by atoms with Gasteiger partial charge in [0.25, 0.3) is 11.8 Å². The van der Waals surface area contributed by atoms with Crippen LogP contribution in [0.4, 0.5) is 36.8 Å². The van der Waals surface area contributed by atoms with Crippen LogP contribution in [0.2, 0.25) is 0 Å². The second-order valence-electron chi connectivity index (χ2n) is 10.6. The standard InChI is InChI=1S/C28H26F6N6O4S/c29-27(30,31)15-9-16(28(32,33)34)11-17(10-15)35-25(43)19-8-14-7-13(5-6-18(14)36-19)24(42)40-39-22(41)4-2-1-3-21-23-20(12-45-21)37-26(44)38-23/h5-11,20-21,23,36H,1-4,12H2,(H,35,43)(H,39,41)(H,40,42)(H2,37,38,44)/t20-,21-,23-/m0/s1. The lowest BCUT2D eigenvalue weighted by Gasteiger charge is -2.16. The van der Waals surface area contributed by atoms with Gasteiger partial charge in [-0.05, 0) is 55.3 Å². The van der Waals surface area contributed by atoms with Crippen molar-refractivity contribution in [2.45, 2.75) is 55.4 Å². The van der Waals surface area contributed by atoms with Crippen LogP contribution in [-0.4, -0.2) is 51.8 Å². The maximum atomic E-state index is 13.2. The van der Waals surface area contributed by atoms with Gasteiger partial charge >= 0.3 is 18.4 Å². The van der Waals surface area contributed by atoms with E-state index in [9.17, 15) is 45.5 Å². The lowest BCUT2D eigenvalue weighted by atomic mass is 10.0. The van der Waals surface area contributed by atoms with E-state index in [4.69, 9.17) is 0 Å². The fraction of sp³-hybridized carbons (Fsp3) is 0.357. The predicted octanol–water partition coefficient (Wildman–Crippen LogP) is 4.94. The van der Waals surface area contributed by atoms with Gasteiger partial charge in [-0.2, -0.15) is 38.1 Å². The molecule has 45 heavy (non-hydrogen) atoms. The number of amides is 5. The number of aromatic amines is 1. The minimum absolute atomic E-state index is 0.0469. The number of anilines is 1. The highest BCUT2D eigenvalue weighted by atomic mass is 32.2. The lowest BCUT2D eigenvalue weighted by molar-refractivity contribution is -0.143. The van der Waals surface area contributed by atoms with Crippen LogP contribution in [0.5, 0.6) is 0 Å². The zero-order valence-corrected chi connectivity index (χ0v) is 23.9. The Hall–Kier alpha value is -4.41. The van der Waals surface area contributed by atoms with Gasteiger partial charge in [0.05, 0.1) is 23.2 Å². The Morgan fingerprint density at radius 3 is 2.27 bits per heavy atom. The van der Waals surface area contributed by atoms with Gasteiger partial charge in [0.1, 0.15) is 5.69 Å². The summed E-state index contributed by atoms with van der Waals surface area (Å²) in [6.45, 7) is 0. The fourth-order valence-electron chi connectivity index (χ4n) is 5.16. The van der Waals surface area contributed by atoms with Gasteiger partial charge in [-0.1, -0.05) is 6.42 Å². The Morgan fingerprint density at radius 2 is 1.58 bits per heavy atom. The molecule has 0 unspecified atom stereocenters. The van der Waals surface area contributed by atoms with E-state index in [-0.39, 0.29) is 47.1 Å². The van der Waals surface area contributed by atoms with Crippen LogP contribution in [0.1, 0.15) is 57.7 Å². The Bertz CT molecular complexity index is 1610. The van der Waals surface area contributed by atoms with Crippen molar-refractivity contribution in [2.75, 3.05) is 11.1 Å². The molecule has 2 aliphatic rings. The molecule has 3 aromatic rings. The Balaban J connectivity index is 1.13. The maximum Gasteiger partial charge on any atom is 0.416 e. The molecule has 0 saturated carbocycles. The number of fused-ring (bicyclic) bond motifs is 2. The lowest BCUT2D eigenvalue weighted by Crippen LogP contribution is -2.41. The van der Waals surface area contributed by atoms with Gasteiger partial charge in [0.2, 0.25) is 5.91 Å². The second kappa shape index (κ2) is 12.5. The van der Waals surface area contributed by atoms with Crippen molar-refractivity contribution in [3.05, 3.63) is 64.8 Å². The zero-order chi connectivity index (χ0) is 32.5. The highest BCUT2D eigenvalue weighted by Crippen LogP contribution is 2.38. The van der Waals surface area contributed by atoms with Crippen molar-refractivity contribution in [3.63, 3.8) is 0 Å². The van der Waals surface area contributed by atoms with Gasteiger partial charge in [-0.15, -0.1) is 0 Å². The molecule has 10 nitrogen and oxygen atoms in total. The number of carbonyl (C=O) groups is 4. The molecule has 2 fully saturated rings. The molecular weight excluding hydrogens is 630 g/mol. The van der Waals surface area contributed by atoms with E-state index >= 15 is 0 Å². The average molecular weight is 657 g/mol. The summed E-state index contributed by atoms with van der Waals surface area (Å²) < 4.78 is 78.9. The van der Waals surface area contributed by atoms with Crippen LogP contribution in [0.25, 0.3) is 10.9 Å². The fourth-order valence-corrected chi connectivity index (χ4v) is 6.70. The summed E-state index contributed by atoms with van der Waals surface area (Å²) in [6, 6.07) is 6.29. The van der Waals surface area contributed by atoms with Crippen molar-refractivity contribution in [3.8, 4) is 0 Å². The van der Waals surface area contributed by atoms with Gasteiger partial charge < -0.3 is 20.9 Å². The molecule has 5 rings (SSSR count). The van der Waals surface area contributed by atoms with E-state index in [0.717, 1.165) is 18.6 Å². The zero-order valence-electron chi connectivity index (χ0n) is 23.1. The molecule has 0 radical (unpaired) electrons. The van der Waals surface area contributed by atoms with Crippen LogP contribution in [0.15, 0.2) is 42.5 Å². The summed E-state index contributed by atoms with van der Waals surface area (Å²) in [5, 5.41) is 8.45. The number of hydrogen-bond donors (Lipinski definition) is 6. The first-order valence-electron chi connectivity index (χ1n) is 13.7. The first kappa shape index (κ1) is 32.0. The second-order valence-corrected chi connectivity index (χ2v) is 11.9. The van der Waals surface area contributed by atoms with Gasteiger partial charge in [0.15, 0.2) is 0 Å². The summed E-state index contributed by atoms with van der Waals surface area (Å²) in [5.41, 5.74) is 1.08. The number of halogens is 6. The number of hydrazine groups is 1. The van der Waals surface area contributed by atoms with E-state index in [1.165, 1.54) is 24.3 Å². The number of benzene rings is 2. The molecule has 0 bridgehead atoms. The third-order valence-electron chi connectivity index (χ3n) is 7.37. The monoisotopic (exact) mass is 656 g/mol. The van der Waals surface area contributed by atoms with Crippen LogP contribution in [-0.2, 0) is 17.1 Å². The maximum absolute atomic E-state index is 13.2. The van der Waals surface area contributed by atoms with Crippen molar-refractivity contribution in [1.29, 1.82) is 0 Å². The summed E-state index contributed by atoms with van der Waals surface area (Å²) in [4.78, 5) is 51.7. The number of thioether (sulfide) groups is 1. The van der Waals surface area contributed by atoms with Crippen LogP contribution in [0.3, 0.4) is 0 Å². The van der Waals surface area contributed by atoms with Gasteiger partial charge in [-0.25, -0.2) is 4.79 Å².